The van der Waals surface area contributed by atoms with Gasteiger partial charge in [-0.05, 0) is 32.4 Å². The predicted octanol–water partition coefficient (Wildman–Crippen LogP) is 1.78. The fourth-order valence-electron chi connectivity index (χ4n) is 2.20. The second-order valence-electron chi connectivity index (χ2n) is 5.92. The van der Waals surface area contributed by atoms with E-state index in [0.717, 1.165) is 17.1 Å². The molecule has 0 radical (unpaired) electrons. The molecule has 130 valence electrons. The highest BCUT2D eigenvalue weighted by molar-refractivity contribution is 5.79. The molecule has 0 saturated heterocycles. The van der Waals surface area contributed by atoms with Gasteiger partial charge in [0.1, 0.15) is 12.1 Å². The molecule has 0 unspecified atom stereocenters. The zero-order valence-electron chi connectivity index (χ0n) is 15.0. The van der Waals surface area contributed by atoms with E-state index < -0.39 is 0 Å². The number of guanidine groups is 1. The van der Waals surface area contributed by atoms with Gasteiger partial charge in [0.25, 0.3) is 0 Å². The molecule has 0 bridgehead atoms. The van der Waals surface area contributed by atoms with Gasteiger partial charge >= 0.3 is 0 Å². The molecule has 0 aliphatic carbocycles. The third-order valence-corrected chi connectivity index (χ3v) is 3.47. The van der Waals surface area contributed by atoms with Crippen LogP contribution in [0, 0.1) is 6.92 Å². The van der Waals surface area contributed by atoms with Crippen LogP contribution in [0.2, 0.25) is 0 Å². The van der Waals surface area contributed by atoms with Gasteiger partial charge in [0, 0.05) is 26.2 Å². The van der Waals surface area contributed by atoms with Crippen molar-refractivity contribution in [1.82, 2.24) is 25.4 Å². The van der Waals surface area contributed by atoms with Gasteiger partial charge in [-0.25, -0.2) is 0 Å². The number of nitrogens with zero attached hydrogens (tertiary/aromatic N) is 4. The largest absolute Gasteiger partial charge is 0.491 e. The average Bonchev–Trinajstić information content (AvgIpc) is 2.94. The maximum absolute atomic E-state index is 5.90. The highest BCUT2D eigenvalue weighted by Crippen LogP contribution is 2.21. The highest BCUT2D eigenvalue weighted by Gasteiger charge is 2.08. The number of hydrogen-bond acceptors (Lipinski definition) is 4. The minimum Gasteiger partial charge on any atom is -0.491 e. The van der Waals surface area contributed by atoms with Gasteiger partial charge in [0.2, 0.25) is 0 Å². The Morgan fingerprint density at radius 3 is 2.67 bits per heavy atom. The van der Waals surface area contributed by atoms with Crippen LogP contribution in [0.5, 0.6) is 5.75 Å². The van der Waals surface area contributed by atoms with Gasteiger partial charge in [0.15, 0.2) is 11.8 Å². The van der Waals surface area contributed by atoms with E-state index in [9.17, 15) is 0 Å². The SMILES string of the molecule is CN=C(NCc1ccc(C)cc1OC(C)C)NCc1nncn1C. The lowest BCUT2D eigenvalue weighted by molar-refractivity contribution is 0.239. The molecular formula is C17H26N6O. The molecule has 0 saturated carbocycles. The molecule has 2 aromatic rings. The van der Waals surface area contributed by atoms with Crippen LogP contribution in [0.3, 0.4) is 0 Å². The van der Waals surface area contributed by atoms with Gasteiger partial charge < -0.3 is 19.9 Å². The van der Waals surface area contributed by atoms with Crippen molar-refractivity contribution in [1.29, 1.82) is 0 Å². The van der Waals surface area contributed by atoms with Crippen LogP contribution in [0.4, 0.5) is 0 Å². The van der Waals surface area contributed by atoms with Crippen molar-refractivity contribution >= 4 is 5.96 Å². The van der Waals surface area contributed by atoms with Gasteiger partial charge in [-0.1, -0.05) is 12.1 Å². The third kappa shape index (κ3) is 4.97. The molecule has 1 aromatic heterocycles. The Bertz CT molecular complexity index is 692. The quantitative estimate of drug-likeness (QED) is 0.624. The Morgan fingerprint density at radius 1 is 1.29 bits per heavy atom. The van der Waals surface area contributed by atoms with E-state index in [1.165, 1.54) is 5.56 Å². The monoisotopic (exact) mass is 330 g/mol. The van der Waals surface area contributed by atoms with Crippen LogP contribution in [0.25, 0.3) is 0 Å². The smallest absolute Gasteiger partial charge is 0.191 e. The molecule has 2 N–H and O–H groups in total. The summed E-state index contributed by atoms with van der Waals surface area (Å²) in [5, 5.41) is 14.4. The Hall–Kier alpha value is -2.57. The molecule has 7 nitrogen and oxygen atoms in total. The normalized spacial score (nSPS) is 11.7. The summed E-state index contributed by atoms with van der Waals surface area (Å²) >= 11 is 0. The van der Waals surface area contributed by atoms with Gasteiger partial charge in [0.05, 0.1) is 12.6 Å². The Kier molecular flexibility index (Phi) is 6.17. The number of nitrogens with one attached hydrogen (secondary N) is 2. The molecular weight excluding hydrogens is 304 g/mol. The van der Waals surface area contributed by atoms with Crippen LogP contribution in [-0.2, 0) is 20.1 Å². The Labute approximate surface area is 143 Å². The van der Waals surface area contributed by atoms with Crippen LogP contribution in [0.15, 0.2) is 29.5 Å². The first-order chi connectivity index (χ1) is 11.5. The van der Waals surface area contributed by atoms with Crippen molar-refractivity contribution in [2.24, 2.45) is 12.0 Å². The lowest BCUT2D eigenvalue weighted by atomic mass is 10.1. The molecule has 0 aliphatic rings. The van der Waals surface area contributed by atoms with E-state index in [1.54, 1.807) is 13.4 Å². The van der Waals surface area contributed by atoms with Crippen molar-refractivity contribution in [2.45, 2.75) is 40.0 Å². The fraction of sp³-hybridized carbons (Fsp3) is 0.471. The second kappa shape index (κ2) is 8.33. The topological polar surface area (TPSA) is 76.4 Å². The molecule has 0 amide bonds. The number of aryl methyl sites for hydroxylation is 2. The number of benzene rings is 1. The van der Waals surface area contributed by atoms with Crippen LogP contribution in [0.1, 0.15) is 30.8 Å². The lowest BCUT2D eigenvalue weighted by Crippen LogP contribution is -2.37. The second-order valence-corrected chi connectivity index (χ2v) is 5.92. The van der Waals surface area contributed by atoms with Crippen LogP contribution < -0.4 is 15.4 Å². The highest BCUT2D eigenvalue weighted by atomic mass is 16.5. The summed E-state index contributed by atoms with van der Waals surface area (Å²) in [5.74, 6) is 2.45. The molecule has 1 heterocycles. The van der Waals surface area contributed by atoms with Crippen molar-refractivity contribution < 1.29 is 4.74 Å². The first-order valence-corrected chi connectivity index (χ1v) is 8.03. The van der Waals surface area contributed by atoms with Gasteiger partial charge in [-0.15, -0.1) is 10.2 Å². The molecule has 0 spiro atoms. The summed E-state index contributed by atoms with van der Waals surface area (Å²) < 4.78 is 7.77. The van der Waals surface area contributed by atoms with E-state index in [0.29, 0.717) is 19.0 Å². The first-order valence-electron chi connectivity index (χ1n) is 8.03. The van der Waals surface area contributed by atoms with E-state index in [2.05, 4.69) is 50.9 Å². The minimum atomic E-state index is 0.138. The summed E-state index contributed by atoms with van der Waals surface area (Å²) in [4.78, 5) is 4.24. The van der Waals surface area contributed by atoms with Crippen LogP contribution >= 0.6 is 0 Å². The van der Waals surface area contributed by atoms with Crippen molar-refractivity contribution in [3.63, 3.8) is 0 Å². The molecule has 1 aromatic carbocycles. The summed E-state index contributed by atoms with van der Waals surface area (Å²) in [7, 11) is 3.65. The number of aromatic nitrogens is 3. The molecule has 2 rings (SSSR count). The molecule has 0 atom stereocenters. The zero-order valence-corrected chi connectivity index (χ0v) is 15.0. The number of hydrogen-bond donors (Lipinski definition) is 2. The maximum Gasteiger partial charge on any atom is 0.191 e. The number of aliphatic imine (C=N–C) groups is 1. The van der Waals surface area contributed by atoms with Crippen molar-refractivity contribution in [2.75, 3.05) is 7.05 Å². The molecule has 0 aliphatic heterocycles. The Morgan fingerprint density at radius 2 is 2.04 bits per heavy atom. The Balaban J connectivity index is 1.97. The fourth-order valence-corrected chi connectivity index (χ4v) is 2.20. The van der Waals surface area contributed by atoms with E-state index in [4.69, 9.17) is 4.74 Å². The summed E-state index contributed by atoms with van der Waals surface area (Å²) in [5.41, 5.74) is 2.27. The summed E-state index contributed by atoms with van der Waals surface area (Å²) in [6.07, 6.45) is 1.81. The molecule has 24 heavy (non-hydrogen) atoms. The molecule has 7 heteroatoms. The molecule has 0 fully saturated rings. The van der Waals surface area contributed by atoms with Crippen molar-refractivity contribution in [3.8, 4) is 5.75 Å². The van der Waals surface area contributed by atoms with Crippen molar-refractivity contribution in [3.05, 3.63) is 41.5 Å². The predicted molar refractivity (Wildman–Crippen MR) is 95.0 cm³/mol. The summed E-state index contributed by atoms with van der Waals surface area (Å²) in [6.45, 7) is 7.30. The van der Waals surface area contributed by atoms with Crippen LogP contribution in [-0.4, -0.2) is 33.9 Å². The number of rotatable bonds is 6. The van der Waals surface area contributed by atoms with E-state index >= 15 is 0 Å². The van der Waals surface area contributed by atoms with Gasteiger partial charge in [-0.2, -0.15) is 0 Å². The third-order valence-electron chi connectivity index (χ3n) is 3.47. The van der Waals surface area contributed by atoms with E-state index in [1.807, 2.05) is 25.5 Å². The standard InChI is InChI=1S/C17H26N6O/c1-12(2)24-15-8-13(3)6-7-14(15)9-19-17(18-4)20-10-16-22-21-11-23(16)5/h6-8,11-12H,9-10H2,1-5H3,(H2,18,19,20). The maximum atomic E-state index is 5.90. The average molecular weight is 330 g/mol. The van der Waals surface area contributed by atoms with E-state index in [-0.39, 0.29) is 6.10 Å². The minimum absolute atomic E-state index is 0.138. The zero-order chi connectivity index (χ0) is 17.5. The number of ether oxygens (including phenoxy) is 1. The summed E-state index contributed by atoms with van der Waals surface area (Å²) in [6, 6.07) is 6.22. The van der Waals surface area contributed by atoms with Gasteiger partial charge in [-0.3, -0.25) is 4.99 Å². The lowest BCUT2D eigenvalue weighted by Gasteiger charge is -2.17. The first kappa shape index (κ1) is 17.8.